The Kier molecular flexibility index (Phi) is 6.69. The van der Waals surface area contributed by atoms with Crippen molar-refractivity contribution in [1.29, 1.82) is 0 Å². The molecule has 0 aromatic rings. The SMILES string of the molecule is CCOP(C)(=O)CC(CCl)O[Si](C)(C)C. The molecule has 15 heavy (non-hydrogen) atoms. The van der Waals surface area contributed by atoms with Crippen LogP contribution in [0.4, 0.5) is 0 Å². The minimum Gasteiger partial charge on any atom is -0.413 e. The van der Waals surface area contributed by atoms with Crippen LogP contribution in [-0.2, 0) is 13.5 Å². The Morgan fingerprint density at radius 3 is 2.27 bits per heavy atom. The molecule has 0 amide bonds. The van der Waals surface area contributed by atoms with Crippen molar-refractivity contribution in [3.8, 4) is 0 Å². The second kappa shape index (κ2) is 6.41. The molecule has 0 spiro atoms. The lowest BCUT2D eigenvalue weighted by molar-refractivity contribution is 0.231. The van der Waals surface area contributed by atoms with Crippen LogP contribution in [-0.4, -0.2) is 39.7 Å². The van der Waals surface area contributed by atoms with E-state index < -0.39 is 15.7 Å². The topological polar surface area (TPSA) is 35.5 Å². The Morgan fingerprint density at radius 1 is 1.40 bits per heavy atom. The fraction of sp³-hybridized carbons (Fsp3) is 1.00. The van der Waals surface area contributed by atoms with Gasteiger partial charge in [0.2, 0.25) is 7.37 Å². The normalized spacial score (nSPS) is 18.5. The van der Waals surface area contributed by atoms with Crippen molar-refractivity contribution in [3.05, 3.63) is 0 Å². The summed E-state index contributed by atoms with van der Waals surface area (Å²) < 4.78 is 23.0. The van der Waals surface area contributed by atoms with Crippen LogP contribution in [0.15, 0.2) is 0 Å². The smallest absolute Gasteiger partial charge is 0.202 e. The lowest BCUT2D eigenvalue weighted by Crippen LogP contribution is -2.35. The lowest BCUT2D eigenvalue weighted by Gasteiger charge is -2.26. The summed E-state index contributed by atoms with van der Waals surface area (Å²) in [6.07, 6.45) is 0.259. The highest BCUT2D eigenvalue weighted by Gasteiger charge is 2.26. The summed E-state index contributed by atoms with van der Waals surface area (Å²) in [6, 6.07) is 0. The Bertz CT molecular complexity index is 230. The lowest BCUT2D eigenvalue weighted by atomic mass is 10.5. The number of alkyl halides is 1. The Hall–Kier alpha value is 0.657. The van der Waals surface area contributed by atoms with Crippen LogP contribution in [0.25, 0.3) is 0 Å². The maximum absolute atomic E-state index is 11.9. The molecule has 0 N–H and O–H groups in total. The van der Waals surface area contributed by atoms with Gasteiger partial charge >= 0.3 is 0 Å². The van der Waals surface area contributed by atoms with Gasteiger partial charge in [0.1, 0.15) is 0 Å². The zero-order valence-electron chi connectivity index (χ0n) is 10.2. The molecule has 2 unspecified atom stereocenters. The predicted octanol–water partition coefficient (Wildman–Crippen LogP) is 3.39. The fourth-order valence-corrected chi connectivity index (χ4v) is 4.65. The second-order valence-corrected chi connectivity index (χ2v) is 12.0. The van der Waals surface area contributed by atoms with Gasteiger partial charge in [0.05, 0.1) is 18.9 Å². The first-order chi connectivity index (χ1) is 6.70. The van der Waals surface area contributed by atoms with Crippen molar-refractivity contribution in [3.63, 3.8) is 0 Å². The molecule has 92 valence electrons. The molecule has 0 aliphatic rings. The average Bonchev–Trinajstić information content (AvgIpc) is 1.99. The van der Waals surface area contributed by atoms with Crippen molar-refractivity contribution < 1.29 is 13.5 Å². The molecule has 0 aliphatic carbocycles. The third-order valence-corrected chi connectivity index (χ3v) is 4.89. The van der Waals surface area contributed by atoms with Crippen LogP contribution in [0.5, 0.6) is 0 Å². The molecule has 0 aromatic heterocycles. The molecule has 2 atom stereocenters. The number of hydrogen-bond donors (Lipinski definition) is 0. The standard InChI is InChI=1S/C9H22ClO3PSi/c1-6-12-14(2,11)8-9(7-10)13-15(3,4)5/h9H,6-8H2,1-5H3. The van der Waals surface area contributed by atoms with Gasteiger partial charge < -0.3 is 8.95 Å². The van der Waals surface area contributed by atoms with Crippen molar-refractivity contribution in [2.24, 2.45) is 0 Å². The summed E-state index contributed by atoms with van der Waals surface area (Å²) in [6.45, 7) is 10.2. The Balaban J connectivity index is 4.27. The van der Waals surface area contributed by atoms with Crippen molar-refractivity contribution in [2.45, 2.75) is 32.7 Å². The van der Waals surface area contributed by atoms with Crippen LogP contribution >= 0.6 is 19.0 Å². The average molecular weight is 273 g/mol. The molecule has 0 saturated heterocycles. The van der Waals surface area contributed by atoms with Gasteiger partial charge in [0, 0.05) is 12.5 Å². The minimum atomic E-state index is -2.54. The third kappa shape index (κ3) is 8.46. The highest BCUT2D eigenvalue weighted by Crippen LogP contribution is 2.43. The molecular formula is C9H22ClO3PSi. The summed E-state index contributed by atoms with van der Waals surface area (Å²) in [7, 11) is -4.16. The van der Waals surface area contributed by atoms with Crippen LogP contribution in [0.3, 0.4) is 0 Å². The predicted molar refractivity (Wildman–Crippen MR) is 69.0 cm³/mol. The molecule has 0 saturated carbocycles. The van der Waals surface area contributed by atoms with E-state index in [1.54, 1.807) is 6.66 Å². The van der Waals surface area contributed by atoms with E-state index in [9.17, 15) is 4.57 Å². The maximum Gasteiger partial charge on any atom is 0.202 e. The quantitative estimate of drug-likeness (QED) is 0.405. The van der Waals surface area contributed by atoms with E-state index in [0.29, 0.717) is 18.6 Å². The molecule has 3 nitrogen and oxygen atoms in total. The van der Waals surface area contributed by atoms with Gasteiger partial charge in [0.15, 0.2) is 8.32 Å². The van der Waals surface area contributed by atoms with E-state index in [0.717, 1.165) is 0 Å². The molecular weight excluding hydrogens is 251 g/mol. The monoisotopic (exact) mass is 272 g/mol. The van der Waals surface area contributed by atoms with Gasteiger partial charge in [-0.05, 0) is 26.6 Å². The van der Waals surface area contributed by atoms with Crippen molar-refractivity contribution in [2.75, 3.05) is 25.3 Å². The van der Waals surface area contributed by atoms with E-state index in [-0.39, 0.29) is 6.10 Å². The molecule has 6 heteroatoms. The maximum atomic E-state index is 11.9. The van der Waals surface area contributed by atoms with E-state index in [1.807, 2.05) is 6.92 Å². The minimum absolute atomic E-state index is 0.152. The van der Waals surface area contributed by atoms with Crippen LogP contribution in [0, 0.1) is 0 Å². The second-order valence-electron chi connectivity index (χ2n) is 4.62. The summed E-state index contributed by atoms with van der Waals surface area (Å²) in [4.78, 5) is 0. The molecule has 0 fully saturated rings. The fourth-order valence-electron chi connectivity index (χ4n) is 1.31. The van der Waals surface area contributed by atoms with E-state index in [4.69, 9.17) is 20.6 Å². The van der Waals surface area contributed by atoms with E-state index in [1.165, 1.54) is 0 Å². The number of rotatable bonds is 7. The summed E-state index contributed by atoms with van der Waals surface area (Å²) in [5, 5.41) is 0. The first-order valence-electron chi connectivity index (χ1n) is 5.15. The van der Waals surface area contributed by atoms with Crippen LogP contribution in [0.1, 0.15) is 6.92 Å². The van der Waals surface area contributed by atoms with Crippen LogP contribution in [0.2, 0.25) is 19.6 Å². The molecule has 0 aliphatic heterocycles. The Labute approximate surface area is 99.1 Å². The largest absolute Gasteiger partial charge is 0.413 e. The summed E-state index contributed by atoms with van der Waals surface area (Å²) >= 11 is 5.80. The van der Waals surface area contributed by atoms with Crippen LogP contribution < -0.4 is 0 Å². The summed E-state index contributed by atoms with van der Waals surface area (Å²) in [5.74, 6) is 0.370. The number of halogens is 1. The van der Waals surface area contributed by atoms with Gasteiger partial charge in [-0.1, -0.05) is 0 Å². The highest BCUT2D eigenvalue weighted by molar-refractivity contribution is 7.58. The summed E-state index contributed by atoms with van der Waals surface area (Å²) in [5.41, 5.74) is 0. The zero-order valence-corrected chi connectivity index (χ0v) is 12.9. The van der Waals surface area contributed by atoms with Crippen molar-refractivity contribution >= 4 is 27.3 Å². The van der Waals surface area contributed by atoms with Gasteiger partial charge in [-0.2, -0.15) is 0 Å². The van der Waals surface area contributed by atoms with Gasteiger partial charge in [-0.25, -0.2) is 0 Å². The van der Waals surface area contributed by atoms with Crippen molar-refractivity contribution in [1.82, 2.24) is 0 Å². The van der Waals surface area contributed by atoms with Gasteiger partial charge in [-0.15, -0.1) is 11.6 Å². The number of hydrogen-bond acceptors (Lipinski definition) is 3. The molecule has 0 rings (SSSR count). The van der Waals surface area contributed by atoms with E-state index >= 15 is 0 Å². The van der Waals surface area contributed by atoms with E-state index in [2.05, 4.69) is 19.6 Å². The highest BCUT2D eigenvalue weighted by atomic mass is 35.5. The first-order valence-corrected chi connectivity index (χ1v) is 11.3. The molecule has 0 bridgehead atoms. The van der Waals surface area contributed by atoms with Gasteiger partial charge in [0.25, 0.3) is 0 Å². The molecule has 0 radical (unpaired) electrons. The van der Waals surface area contributed by atoms with Gasteiger partial charge in [-0.3, -0.25) is 4.57 Å². The Morgan fingerprint density at radius 2 is 1.93 bits per heavy atom. The molecule has 0 aromatic carbocycles. The first kappa shape index (κ1) is 15.7. The zero-order chi connectivity index (χ0) is 12.1. The third-order valence-electron chi connectivity index (χ3n) is 1.63. The molecule has 0 heterocycles.